The summed E-state index contributed by atoms with van der Waals surface area (Å²) in [6.07, 6.45) is 3.15. The molecule has 0 spiro atoms. The van der Waals surface area contributed by atoms with Crippen LogP contribution in [0.25, 0.3) is 49.4 Å². The van der Waals surface area contributed by atoms with Crippen molar-refractivity contribution in [3.63, 3.8) is 0 Å². The highest BCUT2D eigenvalue weighted by Gasteiger charge is 2.52. The van der Waals surface area contributed by atoms with E-state index in [2.05, 4.69) is 30.4 Å². The topological polar surface area (TPSA) is 179 Å². The quantitative estimate of drug-likeness (QED) is 0.102. The Labute approximate surface area is 374 Å². The van der Waals surface area contributed by atoms with Gasteiger partial charge in [0.25, 0.3) is 5.92 Å². The van der Waals surface area contributed by atoms with Gasteiger partial charge in [-0.15, -0.1) is 0 Å². The second kappa shape index (κ2) is 16.6. The van der Waals surface area contributed by atoms with E-state index in [1.807, 2.05) is 43.0 Å². The van der Waals surface area contributed by atoms with Gasteiger partial charge in [0.2, 0.25) is 17.9 Å². The van der Waals surface area contributed by atoms with E-state index < -0.39 is 42.3 Å². The Morgan fingerprint density at radius 1 is 0.815 bits per heavy atom. The first kappa shape index (κ1) is 43.4. The van der Waals surface area contributed by atoms with Crippen LogP contribution in [0.1, 0.15) is 88.2 Å². The number of hydrogen-bond donors (Lipinski definition) is 4. The number of hydrogen-bond acceptors (Lipinski definition) is 8. The lowest BCUT2D eigenvalue weighted by atomic mass is 9.95. The van der Waals surface area contributed by atoms with Gasteiger partial charge in [-0.05, 0) is 83.5 Å². The number of rotatable bonds is 10. The van der Waals surface area contributed by atoms with Crippen molar-refractivity contribution >= 4 is 35.0 Å². The Balaban J connectivity index is 0.961. The summed E-state index contributed by atoms with van der Waals surface area (Å²) in [4.78, 5) is 75.5. The third-order valence-electron chi connectivity index (χ3n) is 13.7. The zero-order valence-corrected chi connectivity index (χ0v) is 36.9. The Bertz CT molecular complexity index is 2760. The van der Waals surface area contributed by atoms with Gasteiger partial charge in [-0.3, -0.25) is 9.59 Å². The molecule has 2 aromatic heterocycles. The number of alkyl carbamates (subject to hydrolysis) is 2. The monoisotopic (exact) mass is 887 g/mol. The van der Waals surface area contributed by atoms with Crippen molar-refractivity contribution in [3.05, 3.63) is 95.0 Å². The van der Waals surface area contributed by atoms with E-state index in [0.29, 0.717) is 57.1 Å². The van der Waals surface area contributed by atoms with E-state index in [4.69, 9.17) is 21.0 Å². The van der Waals surface area contributed by atoms with Gasteiger partial charge in [0, 0.05) is 22.7 Å². The molecule has 2 saturated heterocycles. The SMILES string of the molecule is [C-]#[N+][C@H]1C[C@@H](c2ncc(-c3ccc4c(c3)C(F)(F)c3cc(-c5ccc6nc([C@@H]7[C@H]8CC[C@H](C8)N7C(=O)[C@@H](NC(=O)OC)C(C)C)[nH]c6c5)ccc3-4)[nH]2)N(C(=O)[C@H](NC(=O)OC)C(C)C)C1. The minimum atomic E-state index is -3.32. The fourth-order valence-corrected chi connectivity index (χ4v) is 10.4. The number of aromatic amines is 2. The van der Waals surface area contributed by atoms with E-state index in [-0.39, 0.29) is 59.3 Å². The van der Waals surface area contributed by atoms with Crippen LogP contribution in [-0.2, 0) is 25.0 Å². The molecule has 0 radical (unpaired) electrons. The Kier molecular flexibility index (Phi) is 11.1. The predicted molar refractivity (Wildman–Crippen MR) is 236 cm³/mol. The van der Waals surface area contributed by atoms with Crippen molar-refractivity contribution in [3.8, 4) is 33.5 Å². The summed E-state index contributed by atoms with van der Waals surface area (Å²) >= 11 is 0. The number of alkyl halides is 2. The molecule has 7 atom stereocenters. The Hall–Kier alpha value is -6.83. The highest BCUT2D eigenvalue weighted by Crippen LogP contribution is 2.53. The summed E-state index contributed by atoms with van der Waals surface area (Å²) in [5, 5.41) is 5.33. The lowest BCUT2D eigenvalue weighted by Gasteiger charge is -2.37. The first-order valence-electron chi connectivity index (χ1n) is 22.0. The minimum absolute atomic E-state index is 0.0356. The predicted octanol–water partition coefficient (Wildman–Crippen LogP) is 8.11. The maximum Gasteiger partial charge on any atom is 0.407 e. The zero-order chi connectivity index (χ0) is 46.1. The minimum Gasteiger partial charge on any atom is -0.453 e. The molecule has 9 rings (SSSR count). The van der Waals surface area contributed by atoms with Crippen LogP contribution in [0.3, 0.4) is 0 Å². The standard InChI is InChI=1S/C48H51F2N9O6/c1-23(2)39(56-46(62)64-6)44(60)58-22-29(51-5)20-38(58)42-52-21-37(55-42)27-10-14-32-31-13-9-25(17-33(31)48(49,50)34(32)18-27)26-11-15-35-36(19-26)54-43(53-35)41-28-8-12-30(16-28)59(41)45(61)40(24(3)4)57-47(63)65-7/h9-11,13-15,17-19,21,23-24,28-30,38-41H,8,12,16,20,22H2,1-4,6-7H3,(H,52,55)(H,53,54)(H,56,62)(H,57,63)/t28-,29-,30+,38-,39+,40-,41-/m0/s1. The molecule has 4 N–H and O–H groups in total. The number of nitrogens with one attached hydrogen (secondary N) is 4. The number of fused-ring (bicyclic) bond motifs is 6. The van der Waals surface area contributed by atoms with E-state index in [0.717, 1.165) is 24.8 Å². The number of H-pyrrole nitrogens is 2. The number of ether oxygens (including phenoxy) is 2. The molecule has 65 heavy (non-hydrogen) atoms. The molecule has 3 fully saturated rings. The van der Waals surface area contributed by atoms with Crippen LogP contribution in [0.15, 0.2) is 60.8 Å². The molecule has 4 heterocycles. The fraction of sp³-hybridized carbons (Fsp3) is 0.438. The maximum atomic E-state index is 16.6. The van der Waals surface area contributed by atoms with Crippen molar-refractivity contribution in [2.75, 3.05) is 20.8 Å². The molecule has 5 aromatic rings. The molecule has 2 bridgehead atoms. The largest absolute Gasteiger partial charge is 0.453 e. The van der Waals surface area contributed by atoms with Crippen LogP contribution in [0.5, 0.6) is 0 Å². The van der Waals surface area contributed by atoms with E-state index in [1.165, 1.54) is 26.4 Å². The first-order chi connectivity index (χ1) is 31.1. The molecule has 2 aliphatic carbocycles. The van der Waals surface area contributed by atoms with Crippen LogP contribution >= 0.6 is 0 Å². The number of halogens is 2. The van der Waals surface area contributed by atoms with Gasteiger partial charge in [0.15, 0.2) is 0 Å². The molecule has 17 heteroatoms. The van der Waals surface area contributed by atoms with Crippen LogP contribution < -0.4 is 10.6 Å². The van der Waals surface area contributed by atoms with Gasteiger partial charge in [0.1, 0.15) is 23.7 Å². The molecule has 0 unspecified atom stereocenters. The van der Waals surface area contributed by atoms with Gasteiger partial charge in [-0.1, -0.05) is 58.0 Å². The summed E-state index contributed by atoms with van der Waals surface area (Å²) in [7, 11) is 2.49. The smallest absolute Gasteiger partial charge is 0.407 e. The number of carbonyl (C=O) groups is 4. The number of benzene rings is 3. The molecule has 2 aliphatic heterocycles. The van der Waals surface area contributed by atoms with Gasteiger partial charge in [-0.25, -0.2) is 26.1 Å². The fourth-order valence-electron chi connectivity index (χ4n) is 10.4. The lowest BCUT2D eigenvalue weighted by Crippen LogP contribution is -2.54. The van der Waals surface area contributed by atoms with Gasteiger partial charge >= 0.3 is 12.2 Å². The van der Waals surface area contributed by atoms with Crippen LogP contribution in [0.2, 0.25) is 0 Å². The van der Waals surface area contributed by atoms with Crippen LogP contribution in [-0.4, -0.2) is 98.7 Å². The third-order valence-corrected chi connectivity index (χ3v) is 13.7. The van der Waals surface area contributed by atoms with Gasteiger partial charge in [0.05, 0.1) is 62.2 Å². The molecule has 4 aliphatic rings. The average Bonchev–Trinajstić information content (AvgIpc) is 4.17. The summed E-state index contributed by atoms with van der Waals surface area (Å²) in [6.45, 7) is 15.2. The van der Waals surface area contributed by atoms with E-state index in [1.54, 1.807) is 43.1 Å². The number of aromatic nitrogens is 4. The number of nitrogens with zero attached hydrogens (tertiary/aromatic N) is 5. The van der Waals surface area contributed by atoms with Crippen LogP contribution in [0, 0.1) is 24.3 Å². The number of carbonyl (C=O) groups excluding carboxylic acids is 4. The Morgan fingerprint density at radius 3 is 2.08 bits per heavy atom. The van der Waals surface area contributed by atoms with E-state index in [9.17, 15) is 19.2 Å². The van der Waals surface area contributed by atoms with Crippen molar-refractivity contribution < 1.29 is 37.4 Å². The molecule has 1 saturated carbocycles. The number of imidazole rings is 2. The molecular formula is C48H51F2N9O6. The summed E-state index contributed by atoms with van der Waals surface area (Å²) in [6, 6.07) is 12.6. The molecule has 4 amide bonds. The van der Waals surface area contributed by atoms with Crippen LogP contribution in [0.4, 0.5) is 18.4 Å². The number of methoxy groups -OCH3 is 2. The van der Waals surface area contributed by atoms with Gasteiger partial charge in [-0.2, -0.15) is 8.78 Å². The highest BCUT2D eigenvalue weighted by atomic mass is 19.3. The normalized spacial score (nSPS) is 22.4. The second-order valence-corrected chi connectivity index (χ2v) is 18.3. The molecule has 3 aromatic carbocycles. The summed E-state index contributed by atoms with van der Waals surface area (Å²) in [5.74, 6) is -3.03. The van der Waals surface area contributed by atoms with E-state index >= 15 is 8.78 Å². The lowest BCUT2D eigenvalue weighted by molar-refractivity contribution is -0.139. The van der Waals surface area contributed by atoms with Crippen molar-refractivity contribution in [2.45, 2.75) is 95.6 Å². The molecular weight excluding hydrogens is 837 g/mol. The number of amides is 4. The number of piperidine rings is 1. The highest BCUT2D eigenvalue weighted by molar-refractivity contribution is 5.89. The zero-order valence-electron chi connectivity index (χ0n) is 36.9. The van der Waals surface area contributed by atoms with Crippen molar-refractivity contribution in [1.29, 1.82) is 0 Å². The van der Waals surface area contributed by atoms with Crippen molar-refractivity contribution in [2.24, 2.45) is 17.8 Å². The maximum absolute atomic E-state index is 16.6. The molecule has 338 valence electrons. The molecule has 15 nitrogen and oxygen atoms in total. The van der Waals surface area contributed by atoms with Gasteiger partial charge < -0.3 is 44.7 Å². The van der Waals surface area contributed by atoms with Crippen molar-refractivity contribution in [1.82, 2.24) is 40.4 Å². The average molecular weight is 888 g/mol. The first-order valence-corrected chi connectivity index (χ1v) is 22.0. The number of likely N-dealkylation sites (tertiary alicyclic amines) is 2. The Morgan fingerprint density at radius 2 is 1.43 bits per heavy atom. The summed E-state index contributed by atoms with van der Waals surface area (Å²) in [5.41, 5.74) is 4.29. The summed E-state index contributed by atoms with van der Waals surface area (Å²) < 4.78 is 42.8. The second-order valence-electron chi connectivity index (χ2n) is 18.3. The third kappa shape index (κ3) is 7.51.